The molecule has 1 aromatic carbocycles. The number of aromatic hydroxyl groups is 1. The van der Waals surface area contributed by atoms with Crippen molar-refractivity contribution in [3.8, 4) is 28.8 Å². The minimum Gasteiger partial charge on any atom is -0.507 e. The minimum atomic E-state index is 0.126. The lowest BCUT2D eigenvalue weighted by atomic mass is 9.84. The molecule has 3 atom stereocenters. The summed E-state index contributed by atoms with van der Waals surface area (Å²) in [5, 5.41) is 32.4. The number of benzene rings is 1. The van der Waals surface area contributed by atoms with Crippen molar-refractivity contribution in [2.45, 2.75) is 56.7 Å². The molecule has 2 aliphatic rings. The lowest BCUT2D eigenvalue weighted by Gasteiger charge is -2.45. The van der Waals surface area contributed by atoms with Crippen molar-refractivity contribution in [3.63, 3.8) is 0 Å². The van der Waals surface area contributed by atoms with Crippen molar-refractivity contribution in [3.05, 3.63) is 54.4 Å². The van der Waals surface area contributed by atoms with Gasteiger partial charge >= 0.3 is 0 Å². The average Bonchev–Trinajstić information content (AvgIpc) is 3.34. The van der Waals surface area contributed by atoms with Crippen molar-refractivity contribution in [1.29, 1.82) is 5.26 Å². The predicted octanol–water partition coefficient (Wildman–Crippen LogP) is 4.01. The van der Waals surface area contributed by atoms with Crippen LogP contribution in [0, 0.1) is 11.3 Å². The van der Waals surface area contributed by atoms with Crippen molar-refractivity contribution in [2.75, 3.05) is 11.9 Å². The standard InChI is InChI=1S/C25H28N6O/c1-24-9-10-25(2,29-24)14-19(13-24)30(3)23-7-6-21(27-28-23)20-5-4-18(12-22(20)32)31-11-8-17(15-26)16-31/h4-8,11-12,16,19,29,32H,9-10,13-14H2,1-3H3/t19-,24-,25+. The molecule has 32 heavy (non-hydrogen) atoms. The highest BCUT2D eigenvalue weighted by Gasteiger charge is 2.49. The van der Waals surface area contributed by atoms with Crippen molar-refractivity contribution < 1.29 is 5.11 Å². The topological polar surface area (TPSA) is 90.0 Å². The number of aromatic nitrogens is 3. The van der Waals surface area contributed by atoms with Gasteiger partial charge in [0, 0.05) is 53.9 Å². The molecule has 0 unspecified atom stereocenters. The number of nitrogens with zero attached hydrogens (tertiary/aromatic N) is 5. The Balaban J connectivity index is 1.35. The molecule has 0 aliphatic carbocycles. The SMILES string of the molecule is CN(c1ccc(-c2ccc(-n3ccc(C#N)c3)cc2O)nn1)[C@H]1C[C@]2(C)CC[C@](C)(C1)N2. The van der Waals surface area contributed by atoms with Gasteiger partial charge in [0.1, 0.15) is 11.8 Å². The molecule has 2 saturated heterocycles. The van der Waals surface area contributed by atoms with E-state index in [4.69, 9.17) is 5.26 Å². The van der Waals surface area contributed by atoms with Gasteiger partial charge in [-0.1, -0.05) is 0 Å². The van der Waals surface area contributed by atoms with Crippen LogP contribution >= 0.6 is 0 Å². The van der Waals surface area contributed by atoms with Crippen LogP contribution in [0.3, 0.4) is 0 Å². The largest absolute Gasteiger partial charge is 0.507 e. The van der Waals surface area contributed by atoms with Gasteiger partial charge in [-0.05, 0) is 69.9 Å². The first-order chi connectivity index (χ1) is 15.3. The lowest BCUT2D eigenvalue weighted by molar-refractivity contribution is 0.207. The van der Waals surface area contributed by atoms with Crippen LogP contribution in [0.4, 0.5) is 5.82 Å². The maximum Gasteiger partial charge on any atom is 0.151 e. The molecule has 2 aliphatic heterocycles. The molecule has 5 rings (SSSR count). The second-order valence-electron chi connectivity index (χ2n) is 9.82. The molecular weight excluding hydrogens is 400 g/mol. The first kappa shape index (κ1) is 20.5. The highest BCUT2D eigenvalue weighted by atomic mass is 16.3. The second kappa shape index (κ2) is 7.35. The van der Waals surface area contributed by atoms with E-state index < -0.39 is 0 Å². The van der Waals surface area contributed by atoms with E-state index in [9.17, 15) is 5.11 Å². The number of nitriles is 1. The van der Waals surface area contributed by atoms with E-state index in [1.54, 1.807) is 29.1 Å². The first-order valence-corrected chi connectivity index (χ1v) is 11.1. The molecule has 4 heterocycles. The molecule has 7 heteroatoms. The number of hydrogen-bond donors (Lipinski definition) is 2. The number of fused-ring (bicyclic) bond motifs is 2. The van der Waals surface area contributed by atoms with Crippen LogP contribution in [0.15, 0.2) is 48.8 Å². The van der Waals surface area contributed by atoms with Gasteiger partial charge in [0.25, 0.3) is 0 Å². The van der Waals surface area contributed by atoms with E-state index in [2.05, 4.69) is 47.4 Å². The maximum atomic E-state index is 10.6. The Morgan fingerprint density at radius 3 is 2.47 bits per heavy atom. The summed E-state index contributed by atoms with van der Waals surface area (Å²) in [5.74, 6) is 0.973. The fourth-order valence-electron chi connectivity index (χ4n) is 5.46. The third kappa shape index (κ3) is 3.61. The van der Waals surface area contributed by atoms with Gasteiger partial charge in [-0.15, -0.1) is 10.2 Å². The minimum absolute atomic E-state index is 0.126. The van der Waals surface area contributed by atoms with E-state index in [-0.39, 0.29) is 16.8 Å². The number of anilines is 1. The van der Waals surface area contributed by atoms with Crippen LogP contribution in [0.25, 0.3) is 16.9 Å². The molecule has 2 bridgehead atoms. The normalized spacial score (nSPS) is 26.6. The highest BCUT2D eigenvalue weighted by molar-refractivity contribution is 5.69. The van der Waals surface area contributed by atoms with Gasteiger partial charge in [0.2, 0.25) is 0 Å². The van der Waals surface area contributed by atoms with E-state index in [1.807, 2.05) is 24.3 Å². The van der Waals surface area contributed by atoms with Crippen LogP contribution < -0.4 is 10.2 Å². The zero-order chi connectivity index (χ0) is 22.5. The smallest absolute Gasteiger partial charge is 0.151 e. The molecule has 0 radical (unpaired) electrons. The maximum absolute atomic E-state index is 10.6. The summed E-state index contributed by atoms with van der Waals surface area (Å²) in [4.78, 5) is 2.25. The molecule has 2 aromatic heterocycles. The second-order valence-corrected chi connectivity index (χ2v) is 9.82. The Labute approximate surface area is 188 Å². The van der Waals surface area contributed by atoms with Crippen LogP contribution in [-0.4, -0.2) is 44.0 Å². The Bertz CT molecular complexity index is 1180. The van der Waals surface area contributed by atoms with Gasteiger partial charge in [-0.3, -0.25) is 0 Å². The number of rotatable bonds is 4. The number of phenolic OH excluding ortho intramolecular Hbond substituents is 1. The number of piperidine rings is 1. The summed E-state index contributed by atoms with van der Waals surface area (Å²) in [5.41, 5.74) is 2.99. The fourth-order valence-corrected chi connectivity index (χ4v) is 5.46. The Morgan fingerprint density at radius 2 is 1.88 bits per heavy atom. The van der Waals surface area contributed by atoms with Gasteiger partial charge in [0.15, 0.2) is 5.82 Å². The van der Waals surface area contributed by atoms with Crippen LogP contribution in [-0.2, 0) is 0 Å². The monoisotopic (exact) mass is 428 g/mol. The van der Waals surface area contributed by atoms with Crippen molar-refractivity contribution in [2.24, 2.45) is 0 Å². The molecule has 0 amide bonds. The summed E-state index contributed by atoms with van der Waals surface area (Å²) in [6, 6.07) is 13.6. The molecule has 0 spiro atoms. The number of hydrogen-bond acceptors (Lipinski definition) is 6. The molecule has 3 aromatic rings. The molecule has 2 fully saturated rings. The van der Waals surface area contributed by atoms with Gasteiger partial charge in [-0.25, -0.2) is 0 Å². The zero-order valence-electron chi connectivity index (χ0n) is 18.7. The molecule has 0 saturated carbocycles. The highest BCUT2D eigenvalue weighted by Crippen LogP contribution is 2.43. The summed E-state index contributed by atoms with van der Waals surface area (Å²) in [7, 11) is 2.10. The van der Waals surface area contributed by atoms with Gasteiger partial charge in [0.05, 0.1) is 11.3 Å². The fraction of sp³-hybridized carbons (Fsp3) is 0.400. The quantitative estimate of drug-likeness (QED) is 0.653. The van der Waals surface area contributed by atoms with Crippen LogP contribution in [0.2, 0.25) is 0 Å². The molecule has 164 valence electrons. The Hall–Kier alpha value is -3.37. The number of nitrogens with one attached hydrogen (secondary N) is 1. The molecular formula is C25H28N6O. The van der Waals surface area contributed by atoms with Crippen LogP contribution in [0.1, 0.15) is 45.1 Å². The summed E-state index contributed by atoms with van der Waals surface area (Å²) in [6.07, 6.45) is 8.15. The summed E-state index contributed by atoms with van der Waals surface area (Å²) >= 11 is 0. The van der Waals surface area contributed by atoms with Crippen molar-refractivity contribution in [1.82, 2.24) is 20.1 Å². The van der Waals surface area contributed by atoms with Gasteiger partial charge < -0.3 is 19.9 Å². The van der Waals surface area contributed by atoms with E-state index in [0.29, 0.717) is 22.9 Å². The van der Waals surface area contributed by atoms with Gasteiger partial charge in [-0.2, -0.15) is 5.26 Å². The van der Waals surface area contributed by atoms with Crippen molar-refractivity contribution >= 4 is 5.82 Å². The zero-order valence-corrected chi connectivity index (χ0v) is 18.7. The summed E-state index contributed by atoms with van der Waals surface area (Å²) < 4.78 is 1.80. The van der Waals surface area contributed by atoms with E-state index in [0.717, 1.165) is 24.3 Å². The molecule has 7 nitrogen and oxygen atoms in total. The Kier molecular flexibility index (Phi) is 4.72. The predicted molar refractivity (Wildman–Crippen MR) is 124 cm³/mol. The third-order valence-electron chi connectivity index (χ3n) is 7.14. The average molecular weight is 429 g/mol. The Morgan fingerprint density at radius 1 is 1.12 bits per heavy atom. The molecule has 2 N–H and O–H groups in total. The van der Waals surface area contributed by atoms with E-state index >= 15 is 0 Å². The summed E-state index contributed by atoms with van der Waals surface area (Å²) in [6.45, 7) is 4.66. The third-order valence-corrected chi connectivity index (χ3v) is 7.14. The van der Waals surface area contributed by atoms with E-state index in [1.165, 1.54) is 12.8 Å². The lowest BCUT2D eigenvalue weighted by Crippen LogP contribution is -2.58. The first-order valence-electron chi connectivity index (χ1n) is 11.1. The van der Waals surface area contributed by atoms with Crippen LogP contribution in [0.5, 0.6) is 5.75 Å². The number of phenols is 1.